The van der Waals surface area contributed by atoms with Crippen LogP contribution < -0.4 is 15.6 Å². The van der Waals surface area contributed by atoms with Gasteiger partial charge in [0.15, 0.2) is 0 Å². The number of hydrogen-bond donors (Lipinski definition) is 3. The van der Waals surface area contributed by atoms with Crippen LogP contribution in [0.2, 0.25) is 0 Å². The summed E-state index contributed by atoms with van der Waals surface area (Å²) in [5.74, 6) is -0.456. The van der Waals surface area contributed by atoms with Crippen LogP contribution >= 0.6 is 0 Å². The number of aliphatic hydroxyl groups is 1. The van der Waals surface area contributed by atoms with E-state index in [1.54, 1.807) is 13.1 Å². The molecule has 1 unspecified atom stereocenters. The summed E-state index contributed by atoms with van der Waals surface area (Å²) in [5, 5.41) is 9.59. The zero-order chi connectivity index (χ0) is 21.5. The molecule has 1 amide bonds. The molecule has 3 rings (SSSR count). The molecule has 0 aliphatic rings. The lowest BCUT2D eigenvalue weighted by Gasteiger charge is -2.10. The molecule has 156 valence electrons. The Morgan fingerprint density at radius 1 is 1.23 bits per heavy atom. The second-order valence-electron chi connectivity index (χ2n) is 6.45. The van der Waals surface area contributed by atoms with Gasteiger partial charge in [0.2, 0.25) is 5.95 Å². The Morgan fingerprint density at radius 3 is 2.70 bits per heavy atom. The maximum absolute atomic E-state index is 13.8. The number of carbonyl (C=O) groups is 1. The van der Waals surface area contributed by atoms with E-state index in [0.717, 1.165) is 11.3 Å². The van der Waals surface area contributed by atoms with Gasteiger partial charge in [-0.3, -0.25) is 15.2 Å². The van der Waals surface area contributed by atoms with Gasteiger partial charge in [-0.05, 0) is 49.7 Å². The molecule has 30 heavy (non-hydrogen) atoms. The lowest BCUT2D eigenvalue weighted by molar-refractivity contribution is 0.0926. The highest BCUT2D eigenvalue weighted by atomic mass is 19.1. The van der Waals surface area contributed by atoms with E-state index in [1.165, 1.54) is 18.5 Å². The van der Waals surface area contributed by atoms with Crippen molar-refractivity contribution in [1.29, 1.82) is 0 Å². The van der Waals surface area contributed by atoms with Crippen LogP contribution in [-0.4, -0.2) is 32.6 Å². The van der Waals surface area contributed by atoms with Crippen molar-refractivity contribution >= 4 is 5.91 Å². The maximum atomic E-state index is 13.8. The molecule has 0 radical (unpaired) electrons. The minimum absolute atomic E-state index is 0.0167. The molecular weight excluding hydrogens is 389 g/mol. The molecule has 0 aliphatic heterocycles. The highest BCUT2D eigenvalue weighted by Crippen LogP contribution is 2.20. The lowest BCUT2D eigenvalue weighted by atomic mass is 10.1. The largest absolute Gasteiger partial charge is 0.494 e. The fourth-order valence-corrected chi connectivity index (χ4v) is 2.65. The minimum Gasteiger partial charge on any atom is -0.494 e. The number of nitrogens with zero attached hydrogens (tertiary/aromatic N) is 3. The Balaban J connectivity index is 1.64. The summed E-state index contributed by atoms with van der Waals surface area (Å²) in [4.78, 5) is 24.4. The number of amides is 1. The predicted octanol–water partition coefficient (Wildman–Crippen LogP) is 2.56. The van der Waals surface area contributed by atoms with Crippen molar-refractivity contribution in [2.24, 2.45) is 0 Å². The number of pyridine rings is 1. The first-order valence-corrected chi connectivity index (χ1v) is 9.38. The third-order valence-corrected chi connectivity index (χ3v) is 4.22. The number of halogens is 1. The van der Waals surface area contributed by atoms with Crippen LogP contribution in [0.4, 0.5) is 4.39 Å². The van der Waals surface area contributed by atoms with E-state index in [0.29, 0.717) is 17.9 Å². The Hall–Kier alpha value is -3.43. The van der Waals surface area contributed by atoms with E-state index < -0.39 is 18.0 Å². The van der Waals surface area contributed by atoms with E-state index in [1.807, 2.05) is 31.2 Å². The molecule has 8 nitrogen and oxygen atoms in total. The van der Waals surface area contributed by atoms with E-state index in [4.69, 9.17) is 4.74 Å². The first-order valence-electron chi connectivity index (χ1n) is 9.38. The third kappa shape index (κ3) is 5.34. The molecule has 0 bridgehead atoms. The van der Waals surface area contributed by atoms with Crippen molar-refractivity contribution in [3.05, 3.63) is 71.7 Å². The Bertz CT molecular complexity index is 1010. The van der Waals surface area contributed by atoms with E-state index in [-0.39, 0.29) is 17.8 Å². The number of rotatable bonds is 8. The SMILES string of the molecule is CCOc1ccc(-c2cncc(C(=O)NNCc3cc(C(C)O)cnc3F)n2)cc1. The van der Waals surface area contributed by atoms with Crippen molar-refractivity contribution in [3.8, 4) is 17.0 Å². The van der Waals surface area contributed by atoms with E-state index >= 15 is 0 Å². The Labute approximate surface area is 173 Å². The minimum atomic E-state index is -0.771. The maximum Gasteiger partial charge on any atom is 0.285 e. The number of aliphatic hydroxyl groups excluding tert-OH is 1. The highest BCUT2D eigenvalue weighted by molar-refractivity contribution is 5.92. The standard InChI is InChI=1S/C21H22FN5O3/c1-3-30-17-6-4-14(5-7-17)18-11-23-12-19(26-18)21(29)27-25-10-16-8-15(13(2)28)9-24-20(16)22/h4-9,11-13,25,28H,3,10H2,1-2H3,(H,27,29). The summed E-state index contributed by atoms with van der Waals surface area (Å²) >= 11 is 0. The summed E-state index contributed by atoms with van der Waals surface area (Å²) in [6.07, 6.45) is 3.39. The number of benzene rings is 1. The summed E-state index contributed by atoms with van der Waals surface area (Å²) in [6, 6.07) is 8.79. The topological polar surface area (TPSA) is 109 Å². The quantitative estimate of drug-likeness (QED) is 0.386. The van der Waals surface area contributed by atoms with Gasteiger partial charge in [-0.15, -0.1) is 0 Å². The van der Waals surface area contributed by atoms with Crippen LogP contribution in [0.25, 0.3) is 11.3 Å². The molecule has 0 spiro atoms. The number of ether oxygens (including phenoxy) is 1. The third-order valence-electron chi connectivity index (χ3n) is 4.22. The molecule has 0 aliphatic carbocycles. The van der Waals surface area contributed by atoms with Crippen LogP contribution in [0.1, 0.15) is 41.6 Å². The van der Waals surface area contributed by atoms with Crippen molar-refractivity contribution in [2.75, 3.05) is 6.61 Å². The molecular formula is C21H22FN5O3. The summed E-state index contributed by atoms with van der Waals surface area (Å²) < 4.78 is 19.2. The fraction of sp³-hybridized carbons (Fsp3) is 0.238. The zero-order valence-electron chi connectivity index (χ0n) is 16.6. The first-order chi connectivity index (χ1) is 14.5. The van der Waals surface area contributed by atoms with E-state index in [2.05, 4.69) is 25.8 Å². The second kappa shape index (κ2) is 9.86. The molecule has 3 aromatic rings. The summed E-state index contributed by atoms with van der Waals surface area (Å²) in [7, 11) is 0. The monoisotopic (exact) mass is 411 g/mol. The van der Waals surface area contributed by atoms with Crippen LogP contribution in [-0.2, 0) is 6.54 Å². The Kier molecular flexibility index (Phi) is 6.99. The van der Waals surface area contributed by atoms with Crippen LogP contribution in [0.5, 0.6) is 5.75 Å². The number of carbonyl (C=O) groups excluding carboxylic acids is 1. The van der Waals surface area contributed by atoms with Gasteiger partial charge in [0, 0.05) is 23.9 Å². The van der Waals surface area contributed by atoms with Gasteiger partial charge in [0.05, 0.1) is 30.8 Å². The van der Waals surface area contributed by atoms with Crippen LogP contribution in [0.3, 0.4) is 0 Å². The van der Waals surface area contributed by atoms with Crippen molar-refractivity contribution < 1.29 is 19.0 Å². The summed E-state index contributed by atoms with van der Waals surface area (Å²) in [5.41, 5.74) is 7.22. The predicted molar refractivity (Wildman–Crippen MR) is 108 cm³/mol. The van der Waals surface area contributed by atoms with E-state index in [9.17, 15) is 14.3 Å². The molecule has 2 aromatic heterocycles. The molecule has 0 saturated heterocycles. The lowest BCUT2D eigenvalue weighted by Crippen LogP contribution is -2.37. The van der Waals surface area contributed by atoms with Crippen LogP contribution in [0.15, 0.2) is 48.9 Å². The zero-order valence-corrected chi connectivity index (χ0v) is 16.6. The van der Waals surface area contributed by atoms with Gasteiger partial charge in [-0.1, -0.05) is 0 Å². The molecule has 0 saturated carbocycles. The first kappa shape index (κ1) is 21.3. The average Bonchev–Trinajstić information content (AvgIpc) is 2.75. The van der Waals surface area contributed by atoms with Gasteiger partial charge in [-0.25, -0.2) is 15.4 Å². The van der Waals surface area contributed by atoms with Gasteiger partial charge >= 0.3 is 0 Å². The second-order valence-corrected chi connectivity index (χ2v) is 6.45. The molecule has 2 heterocycles. The Morgan fingerprint density at radius 2 is 2.00 bits per heavy atom. The van der Waals surface area contributed by atoms with Crippen LogP contribution in [0, 0.1) is 5.95 Å². The fourth-order valence-electron chi connectivity index (χ4n) is 2.65. The van der Waals surface area contributed by atoms with Gasteiger partial charge in [-0.2, -0.15) is 4.39 Å². The molecule has 1 atom stereocenters. The molecule has 0 fully saturated rings. The highest BCUT2D eigenvalue weighted by Gasteiger charge is 2.12. The van der Waals surface area contributed by atoms with Gasteiger partial charge in [0.1, 0.15) is 11.4 Å². The summed E-state index contributed by atoms with van der Waals surface area (Å²) in [6.45, 7) is 4.02. The normalized spacial score (nSPS) is 11.7. The number of hydrogen-bond acceptors (Lipinski definition) is 7. The molecule has 1 aromatic carbocycles. The smallest absolute Gasteiger partial charge is 0.285 e. The molecule has 3 N–H and O–H groups in total. The van der Waals surface area contributed by atoms with Gasteiger partial charge in [0.25, 0.3) is 5.91 Å². The van der Waals surface area contributed by atoms with Crippen molar-refractivity contribution in [2.45, 2.75) is 26.5 Å². The van der Waals surface area contributed by atoms with Gasteiger partial charge < -0.3 is 9.84 Å². The number of aromatic nitrogens is 3. The van der Waals surface area contributed by atoms with Crippen molar-refractivity contribution in [1.82, 2.24) is 25.8 Å². The average molecular weight is 411 g/mol. The number of nitrogens with one attached hydrogen (secondary N) is 2. The van der Waals surface area contributed by atoms with Crippen molar-refractivity contribution in [3.63, 3.8) is 0 Å². The number of hydrazine groups is 1. The molecule has 9 heteroatoms.